The summed E-state index contributed by atoms with van der Waals surface area (Å²) in [6, 6.07) is 12.2. The van der Waals surface area contributed by atoms with Crippen molar-refractivity contribution in [3.63, 3.8) is 0 Å². The van der Waals surface area contributed by atoms with E-state index in [-0.39, 0.29) is 43.0 Å². The Morgan fingerprint density at radius 2 is 1.82 bits per heavy atom. The number of hydrogen-bond donors (Lipinski definition) is 4. The first-order chi connectivity index (χ1) is 15.4. The van der Waals surface area contributed by atoms with Gasteiger partial charge in [0.15, 0.2) is 6.04 Å². The number of carbonyl (C=O) groups is 1. The van der Waals surface area contributed by atoms with Gasteiger partial charge in [-0.05, 0) is 86.6 Å². The van der Waals surface area contributed by atoms with E-state index in [9.17, 15) is 9.90 Å². The molecule has 0 amide bonds. The van der Waals surface area contributed by atoms with Crippen molar-refractivity contribution in [1.29, 1.82) is 5.41 Å². The summed E-state index contributed by atoms with van der Waals surface area (Å²) in [4.78, 5) is 12.9. The Balaban J connectivity index is 0.00000385. The Kier molecular flexibility index (Phi) is 10.0. The average Bonchev–Trinajstić information content (AvgIpc) is 2.79. The van der Waals surface area contributed by atoms with Crippen molar-refractivity contribution >= 4 is 29.9 Å². The number of amidine groups is 1. The molecule has 0 radical (unpaired) electrons. The van der Waals surface area contributed by atoms with Gasteiger partial charge in [-0.2, -0.15) is 0 Å². The highest BCUT2D eigenvalue weighted by Gasteiger charge is 2.25. The molecule has 1 aliphatic rings. The molecule has 0 bridgehead atoms. The Morgan fingerprint density at radius 1 is 1.15 bits per heavy atom. The van der Waals surface area contributed by atoms with Crippen LogP contribution >= 0.6 is 12.4 Å². The highest BCUT2D eigenvalue weighted by molar-refractivity contribution is 5.95. The number of ether oxygens (including phenoxy) is 2. The first-order valence-corrected chi connectivity index (χ1v) is 11.3. The molecule has 0 aliphatic heterocycles. The van der Waals surface area contributed by atoms with Gasteiger partial charge in [0.1, 0.15) is 11.6 Å². The number of aliphatic hydroxyl groups is 1. The van der Waals surface area contributed by atoms with Gasteiger partial charge in [-0.1, -0.05) is 13.0 Å². The van der Waals surface area contributed by atoms with E-state index in [1.807, 2.05) is 18.2 Å². The number of rotatable bonds is 9. The summed E-state index contributed by atoms with van der Waals surface area (Å²) in [5.41, 5.74) is 8.71. The fourth-order valence-corrected chi connectivity index (χ4v) is 3.90. The Bertz CT molecular complexity index is 928. The molecule has 1 aliphatic carbocycles. The maximum atomic E-state index is 12.9. The molecule has 2 aromatic rings. The van der Waals surface area contributed by atoms with Crippen LogP contribution in [0.1, 0.15) is 62.3 Å². The summed E-state index contributed by atoms with van der Waals surface area (Å²) < 4.78 is 11.6. The van der Waals surface area contributed by atoms with Crippen molar-refractivity contribution in [1.82, 2.24) is 0 Å². The highest BCUT2D eigenvalue weighted by atomic mass is 35.5. The molecule has 180 valence electrons. The summed E-state index contributed by atoms with van der Waals surface area (Å²) in [5, 5.41) is 20.6. The minimum atomic E-state index is -0.708. The van der Waals surface area contributed by atoms with Gasteiger partial charge in [-0.3, -0.25) is 5.41 Å². The lowest BCUT2D eigenvalue weighted by Gasteiger charge is -2.27. The van der Waals surface area contributed by atoms with E-state index in [1.165, 1.54) is 0 Å². The molecule has 7 nitrogen and oxygen atoms in total. The molecule has 1 fully saturated rings. The molecular formula is C25H34ClN3O4. The lowest BCUT2D eigenvalue weighted by atomic mass is 9.95. The molecule has 0 saturated heterocycles. The quantitative estimate of drug-likeness (QED) is 0.243. The smallest absolute Gasteiger partial charge is 0.333 e. The predicted octanol–water partition coefficient (Wildman–Crippen LogP) is 4.35. The minimum Gasteiger partial charge on any atom is -0.490 e. The van der Waals surface area contributed by atoms with Crippen molar-refractivity contribution in [2.24, 2.45) is 5.73 Å². The largest absolute Gasteiger partial charge is 0.490 e. The van der Waals surface area contributed by atoms with Crippen molar-refractivity contribution in [2.75, 3.05) is 11.9 Å². The van der Waals surface area contributed by atoms with Gasteiger partial charge >= 0.3 is 5.97 Å². The molecule has 1 unspecified atom stereocenters. The lowest BCUT2D eigenvalue weighted by Crippen LogP contribution is -2.27. The Morgan fingerprint density at radius 3 is 2.39 bits per heavy atom. The Hall–Kier alpha value is -2.77. The summed E-state index contributed by atoms with van der Waals surface area (Å²) in [6.45, 7) is 4.12. The van der Waals surface area contributed by atoms with Crippen LogP contribution in [0.2, 0.25) is 0 Å². The van der Waals surface area contributed by atoms with Crippen LogP contribution in [0.3, 0.4) is 0 Å². The SMILES string of the molecule is CCOC(=O)C(Nc1ccc(C(=N)N)cc1)c1cc(CC)cc(OC2CCC(O)CC2)c1.Cl. The van der Waals surface area contributed by atoms with E-state index in [0.29, 0.717) is 5.56 Å². The van der Waals surface area contributed by atoms with E-state index in [2.05, 4.69) is 12.2 Å². The second-order valence-electron chi connectivity index (χ2n) is 8.13. The third-order valence-electron chi connectivity index (χ3n) is 5.71. The van der Waals surface area contributed by atoms with Gasteiger partial charge in [0, 0.05) is 11.3 Å². The second-order valence-corrected chi connectivity index (χ2v) is 8.13. The average molecular weight is 476 g/mol. The van der Waals surface area contributed by atoms with Crippen LogP contribution in [0, 0.1) is 5.41 Å². The maximum Gasteiger partial charge on any atom is 0.333 e. The zero-order valence-electron chi connectivity index (χ0n) is 19.2. The number of aryl methyl sites for hydroxylation is 1. The molecule has 2 aromatic carbocycles. The topological polar surface area (TPSA) is 118 Å². The predicted molar refractivity (Wildman–Crippen MR) is 132 cm³/mol. The summed E-state index contributed by atoms with van der Waals surface area (Å²) in [5.74, 6) is 0.345. The van der Waals surface area contributed by atoms with Gasteiger partial charge in [-0.15, -0.1) is 12.4 Å². The van der Waals surface area contributed by atoms with E-state index in [1.54, 1.807) is 31.2 Å². The number of nitrogens with two attached hydrogens (primary N) is 1. The summed E-state index contributed by atoms with van der Waals surface area (Å²) in [6.07, 6.45) is 3.74. The monoisotopic (exact) mass is 475 g/mol. The zero-order chi connectivity index (χ0) is 23.1. The number of nitrogen functional groups attached to an aromatic ring is 1. The molecule has 1 atom stereocenters. The van der Waals surface area contributed by atoms with Crippen molar-refractivity contribution in [2.45, 2.75) is 64.2 Å². The van der Waals surface area contributed by atoms with E-state index in [4.69, 9.17) is 20.6 Å². The van der Waals surface area contributed by atoms with Crippen LogP contribution in [0.5, 0.6) is 5.75 Å². The third-order valence-corrected chi connectivity index (χ3v) is 5.71. The fraction of sp³-hybridized carbons (Fsp3) is 0.440. The molecule has 8 heteroatoms. The number of halogens is 1. The van der Waals surface area contributed by atoms with Gasteiger partial charge < -0.3 is 25.6 Å². The number of aliphatic hydroxyl groups excluding tert-OH is 1. The Labute approximate surface area is 201 Å². The number of nitrogens with one attached hydrogen (secondary N) is 2. The van der Waals surface area contributed by atoms with Crippen LogP contribution in [0.4, 0.5) is 5.69 Å². The summed E-state index contributed by atoms with van der Waals surface area (Å²) in [7, 11) is 0. The maximum absolute atomic E-state index is 12.9. The zero-order valence-corrected chi connectivity index (χ0v) is 20.0. The van der Waals surface area contributed by atoms with Crippen molar-refractivity contribution in [3.8, 4) is 5.75 Å². The first-order valence-electron chi connectivity index (χ1n) is 11.3. The molecule has 1 saturated carbocycles. The fourth-order valence-electron chi connectivity index (χ4n) is 3.90. The number of anilines is 1. The van der Waals surface area contributed by atoms with Gasteiger partial charge in [-0.25, -0.2) is 4.79 Å². The summed E-state index contributed by atoms with van der Waals surface area (Å²) >= 11 is 0. The van der Waals surface area contributed by atoms with Gasteiger partial charge in [0.05, 0.1) is 18.8 Å². The molecule has 0 heterocycles. The van der Waals surface area contributed by atoms with Gasteiger partial charge in [0.2, 0.25) is 0 Å². The van der Waals surface area contributed by atoms with E-state index >= 15 is 0 Å². The molecule has 0 spiro atoms. The second kappa shape index (κ2) is 12.5. The minimum absolute atomic E-state index is 0. The number of carbonyl (C=O) groups excluding carboxylic acids is 1. The molecular weight excluding hydrogens is 442 g/mol. The van der Waals surface area contributed by atoms with E-state index in [0.717, 1.165) is 54.7 Å². The first kappa shape index (κ1) is 26.5. The highest BCUT2D eigenvalue weighted by Crippen LogP contribution is 2.30. The van der Waals surface area contributed by atoms with Crippen molar-refractivity contribution in [3.05, 3.63) is 59.2 Å². The van der Waals surface area contributed by atoms with Crippen molar-refractivity contribution < 1.29 is 19.4 Å². The molecule has 3 rings (SSSR count). The standard InChI is InChI=1S/C25H33N3O4.ClH/c1-3-16-13-18(15-22(14-16)32-21-11-9-20(29)10-12-21)23(25(30)31-4-2)28-19-7-5-17(6-8-19)24(26)27;/h5-8,13-15,20-21,23,28-29H,3-4,9-12H2,1-2H3,(H3,26,27);1H. The number of hydrogen-bond acceptors (Lipinski definition) is 6. The number of benzene rings is 2. The van der Waals surface area contributed by atoms with Crippen LogP contribution < -0.4 is 15.8 Å². The third kappa shape index (κ3) is 7.37. The van der Waals surface area contributed by atoms with E-state index < -0.39 is 6.04 Å². The van der Waals surface area contributed by atoms with Crippen LogP contribution in [-0.4, -0.2) is 35.7 Å². The molecule has 0 aromatic heterocycles. The number of esters is 1. The normalized spacial score (nSPS) is 18.5. The van der Waals surface area contributed by atoms with Crippen LogP contribution in [0.25, 0.3) is 0 Å². The van der Waals surface area contributed by atoms with Crippen LogP contribution in [-0.2, 0) is 16.0 Å². The molecule has 33 heavy (non-hydrogen) atoms. The van der Waals surface area contributed by atoms with Crippen LogP contribution in [0.15, 0.2) is 42.5 Å². The molecule has 5 N–H and O–H groups in total. The lowest BCUT2D eigenvalue weighted by molar-refractivity contribution is -0.144. The van der Waals surface area contributed by atoms with Gasteiger partial charge in [0.25, 0.3) is 0 Å².